The van der Waals surface area contributed by atoms with Crippen molar-refractivity contribution in [2.24, 2.45) is 5.92 Å². The fraction of sp³-hybridized carbons (Fsp3) is 0.857. The monoisotopic (exact) mass is 299 g/mol. The molecule has 0 aromatic carbocycles. The van der Waals surface area contributed by atoms with Crippen LogP contribution >= 0.6 is 0 Å². The van der Waals surface area contributed by atoms with Gasteiger partial charge in [0, 0.05) is 46.4 Å². The Bertz CT molecular complexity index is 365. The van der Waals surface area contributed by atoms with E-state index in [4.69, 9.17) is 9.84 Å². The van der Waals surface area contributed by atoms with Crippen LogP contribution in [0.5, 0.6) is 0 Å². The van der Waals surface area contributed by atoms with E-state index in [-0.39, 0.29) is 12.6 Å². The molecule has 7 heteroatoms. The summed E-state index contributed by atoms with van der Waals surface area (Å²) in [5.74, 6) is -0.135. The summed E-state index contributed by atoms with van der Waals surface area (Å²) in [6.07, 6.45) is 2.67. The molecular formula is C14H25N3O4. The number of carbonyl (C=O) groups excluding carboxylic acids is 1. The van der Waals surface area contributed by atoms with Crippen LogP contribution in [0, 0.1) is 5.92 Å². The highest BCUT2D eigenvalue weighted by molar-refractivity contribution is 5.80. The minimum absolute atomic E-state index is 0.194. The van der Waals surface area contributed by atoms with Crippen LogP contribution in [0.1, 0.15) is 12.8 Å². The van der Waals surface area contributed by atoms with Gasteiger partial charge < -0.3 is 19.6 Å². The Balaban J connectivity index is 1.80. The van der Waals surface area contributed by atoms with E-state index in [0.717, 1.165) is 25.6 Å². The molecule has 2 fully saturated rings. The van der Waals surface area contributed by atoms with Crippen LogP contribution in [0.15, 0.2) is 0 Å². The molecule has 0 aromatic heterocycles. The fourth-order valence-corrected chi connectivity index (χ4v) is 2.59. The van der Waals surface area contributed by atoms with Gasteiger partial charge in [0.1, 0.15) is 6.54 Å². The molecule has 0 radical (unpaired) electrons. The van der Waals surface area contributed by atoms with E-state index in [9.17, 15) is 9.59 Å². The molecule has 1 aliphatic heterocycles. The van der Waals surface area contributed by atoms with Crippen LogP contribution < -0.4 is 0 Å². The number of urea groups is 1. The number of carbonyl (C=O) groups is 2. The smallest absolute Gasteiger partial charge is 0.323 e. The zero-order valence-corrected chi connectivity index (χ0v) is 12.7. The first-order chi connectivity index (χ1) is 10.1. The summed E-state index contributed by atoms with van der Waals surface area (Å²) < 4.78 is 4.95. The molecule has 21 heavy (non-hydrogen) atoms. The van der Waals surface area contributed by atoms with Gasteiger partial charge in [0.2, 0.25) is 0 Å². The Kier molecular flexibility index (Phi) is 5.81. The van der Waals surface area contributed by atoms with Gasteiger partial charge in [0.15, 0.2) is 0 Å². The molecule has 7 nitrogen and oxygen atoms in total. The molecule has 0 unspecified atom stereocenters. The number of amides is 2. The number of hydrogen-bond acceptors (Lipinski definition) is 4. The van der Waals surface area contributed by atoms with Crippen molar-refractivity contribution in [3.8, 4) is 0 Å². The third kappa shape index (κ3) is 5.17. The van der Waals surface area contributed by atoms with Crippen LogP contribution in [0.4, 0.5) is 4.79 Å². The van der Waals surface area contributed by atoms with Crippen LogP contribution in [0.25, 0.3) is 0 Å². The van der Waals surface area contributed by atoms with E-state index in [1.54, 1.807) is 12.0 Å². The molecule has 120 valence electrons. The van der Waals surface area contributed by atoms with Crippen molar-refractivity contribution >= 4 is 12.0 Å². The third-order valence-corrected chi connectivity index (χ3v) is 4.02. The summed E-state index contributed by atoms with van der Waals surface area (Å²) in [4.78, 5) is 28.8. The number of hydrogen-bond donors (Lipinski definition) is 1. The van der Waals surface area contributed by atoms with Crippen LogP contribution in [-0.4, -0.2) is 91.3 Å². The van der Waals surface area contributed by atoms with Gasteiger partial charge >= 0.3 is 12.0 Å². The molecule has 0 bridgehead atoms. The first-order valence-electron chi connectivity index (χ1n) is 7.57. The molecular weight excluding hydrogens is 274 g/mol. The normalized spacial score (nSPS) is 19.6. The molecule has 1 saturated heterocycles. The van der Waals surface area contributed by atoms with E-state index in [1.807, 2.05) is 0 Å². The average molecular weight is 299 g/mol. The van der Waals surface area contributed by atoms with Crippen molar-refractivity contribution in [2.75, 3.05) is 59.5 Å². The Morgan fingerprint density at radius 1 is 1.24 bits per heavy atom. The van der Waals surface area contributed by atoms with Gasteiger partial charge in [-0.15, -0.1) is 0 Å². The molecule has 1 saturated carbocycles. The predicted molar refractivity (Wildman–Crippen MR) is 77.2 cm³/mol. The van der Waals surface area contributed by atoms with Crippen molar-refractivity contribution in [3.63, 3.8) is 0 Å². The van der Waals surface area contributed by atoms with E-state index in [2.05, 4.69) is 4.90 Å². The lowest BCUT2D eigenvalue weighted by molar-refractivity contribution is -0.137. The first kappa shape index (κ1) is 16.0. The van der Waals surface area contributed by atoms with Crippen LogP contribution in [0.3, 0.4) is 0 Å². The molecule has 1 heterocycles. The number of carboxylic acids is 1. The number of piperazine rings is 1. The molecule has 0 spiro atoms. The lowest BCUT2D eigenvalue weighted by Gasteiger charge is -2.37. The standard InChI is InChI=1S/C14H25N3O4/c1-21-9-8-17(11-13(18)19)14(20)16-6-4-15(5-7-16)10-12-2-3-12/h12H,2-11H2,1H3,(H,18,19). The topological polar surface area (TPSA) is 73.3 Å². The van der Waals surface area contributed by atoms with Gasteiger partial charge in [-0.1, -0.05) is 0 Å². The summed E-state index contributed by atoms with van der Waals surface area (Å²) in [7, 11) is 1.54. The maximum atomic E-state index is 12.4. The second kappa shape index (κ2) is 7.61. The van der Waals surface area contributed by atoms with Crippen LogP contribution in [-0.2, 0) is 9.53 Å². The van der Waals surface area contributed by atoms with Crippen molar-refractivity contribution in [1.82, 2.24) is 14.7 Å². The lowest BCUT2D eigenvalue weighted by atomic mass is 10.3. The summed E-state index contributed by atoms with van der Waals surface area (Å²) in [6, 6.07) is -0.194. The number of rotatable bonds is 7. The summed E-state index contributed by atoms with van der Waals surface area (Å²) >= 11 is 0. The largest absolute Gasteiger partial charge is 0.480 e. The fourth-order valence-electron chi connectivity index (χ4n) is 2.59. The van der Waals surface area contributed by atoms with E-state index < -0.39 is 5.97 Å². The van der Waals surface area contributed by atoms with E-state index >= 15 is 0 Å². The highest BCUT2D eigenvalue weighted by Gasteiger charge is 2.29. The number of aliphatic carboxylic acids is 1. The number of nitrogens with zero attached hydrogens (tertiary/aromatic N) is 3. The van der Waals surface area contributed by atoms with Crippen molar-refractivity contribution in [3.05, 3.63) is 0 Å². The second-order valence-corrected chi connectivity index (χ2v) is 5.82. The summed E-state index contributed by atoms with van der Waals surface area (Å²) in [6.45, 7) is 4.64. The molecule has 2 amide bonds. The van der Waals surface area contributed by atoms with Crippen molar-refractivity contribution in [2.45, 2.75) is 12.8 Å². The third-order valence-electron chi connectivity index (χ3n) is 4.02. The minimum atomic E-state index is -0.994. The van der Waals surface area contributed by atoms with Gasteiger partial charge in [-0.05, 0) is 18.8 Å². The Labute approximate surface area is 125 Å². The zero-order chi connectivity index (χ0) is 15.2. The van der Waals surface area contributed by atoms with Gasteiger partial charge in [-0.25, -0.2) is 4.79 Å². The van der Waals surface area contributed by atoms with Gasteiger partial charge in [0.05, 0.1) is 6.61 Å². The number of carboxylic acid groups (broad SMARTS) is 1. The SMILES string of the molecule is COCCN(CC(=O)O)C(=O)N1CCN(CC2CC2)CC1. The van der Waals surface area contributed by atoms with Crippen molar-refractivity contribution in [1.29, 1.82) is 0 Å². The first-order valence-corrected chi connectivity index (χ1v) is 7.57. The maximum absolute atomic E-state index is 12.4. The summed E-state index contributed by atoms with van der Waals surface area (Å²) in [5.41, 5.74) is 0. The lowest BCUT2D eigenvalue weighted by Crippen LogP contribution is -2.54. The van der Waals surface area contributed by atoms with Gasteiger partial charge in [-0.3, -0.25) is 9.69 Å². The molecule has 2 aliphatic rings. The minimum Gasteiger partial charge on any atom is -0.480 e. The van der Waals surface area contributed by atoms with E-state index in [0.29, 0.717) is 26.2 Å². The van der Waals surface area contributed by atoms with Gasteiger partial charge in [-0.2, -0.15) is 0 Å². The number of methoxy groups -OCH3 is 1. The Morgan fingerprint density at radius 2 is 1.90 bits per heavy atom. The highest BCUT2D eigenvalue weighted by Crippen LogP contribution is 2.29. The average Bonchev–Trinajstić information content (AvgIpc) is 3.27. The van der Waals surface area contributed by atoms with E-state index in [1.165, 1.54) is 17.7 Å². The zero-order valence-electron chi connectivity index (χ0n) is 12.7. The Hall–Kier alpha value is -1.34. The molecule has 0 atom stereocenters. The molecule has 1 N–H and O–H groups in total. The molecule has 1 aliphatic carbocycles. The second-order valence-electron chi connectivity index (χ2n) is 5.82. The highest BCUT2D eigenvalue weighted by atomic mass is 16.5. The predicted octanol–water partition coefficient (Wildman–Crippen LogP) is 0.167. The van der Waals surface area contributed by atoms with Crippen molar-refractivity contribution < 1.29 is 19.4 Å². The maximum Gasteiger partial charge on any atom is 0.323 e. The van der Waals surface area contributed by atoms with Gasteiger partial charge in [0.25, 0.3) is 0 Å². The van der Waals surface area contributed by atoms with Crippen LogP contribution in [0.2, 0.25) is 0 Å². The summed E-state index contributed by atoms with van der Waals surface area (Å²) in [5, 5.41) is 8.92. The number of ether oxygens (including phenoxy) is 1. The Morgan fingerprint density at radius 3 is 2.43 bits per heavy atom. The molecule has 2 rings (SSSR count). The molecule has 0 aromatic rings. The quantitative estimate of drug-likeness (QED) is 0.725.